The molecule has 0 aliphatic carbocycles. The van der Waals surface area contributed by atoms with Crippen molar-refractivity contribution >= 4 is 40.8 Å². The molecule has 1 aliphatic rings. The van der Waals surface area contributed by atoms with Crippen molar-refractivity contribution in [2.45, 2.75) is 19.5 Å². The van der Waals surface area contributed by atoms with Crippen molar-refractivity contribution < 1.29 is 45.4 Å². The number of aryl methyl sites for hydroxylation is 1. The van der Waals surface area contributed by atoms with E-state index in [4.69, 9.17) is 4.74 Å². The fourth-order valence-electron chi connectivity index (χ4n) is 4.08. The van der Waals surface area contributed by atoms with E-state index in [0.717, 1.165) is 28.8 Å². The highest BCUT2D eigenvalue weighted by Crippen LogP contribution is 2.36. The molecule has 0 atom stereocenters. The molecule has 0 bridgehead atoms. The molecule has 18 heteroatoms. The van der Waals surface area contributed by atoms with Gasteiger partial charge in [-0.25, -0.2) is 19.9 Å². The summed E-state index contributed by atoms with van der Waals surface area (Å²) in [5.41, 5.74) is 4.52. The number of urea groups is 1. The first kappa shape index (κ1) is 33.0. The van der Waals surface area contributed by atoms with Crippen LogP contribution in [-0.4, -0.2) is 63.0 Å². The van der Waals surface area contributed by atoms with Crippen molar-refractivity contribution in [2.24, 2.45) is 10.1 Å². The minimum absolute atomic E-state index is 0.0205. The molecular formula is C29H21F6N7O4S. The van der Waals surface area contributed by atoms with E-state index in [2.05, 4.69) is 30.3 Å². The second-order valence-corrected chi connectivity index (χ2v) is 10.6. The number of ether oxygens (including phenoxy) is 2. The maximum Gasteiger partial charge on any atom is 0.573 e. The number of amidine groups is 1. The SMILES string of the molecule is Cc1ccc(OCC(F)(F)F)c(N2C(=O)CS/C2=N\C(=O)N/N=C/c2ccc(-c3ncn(-c4ccc(OC(F)(F)F)cc4)n3)cc2)c1. The first-order chi connectivity index (χ1) is 22.2. The number of hydrogen-bond donors (Lipinski definition) is 1. The minimum Gasteiger partial charge on any atom is -0.482 e. The number of amides is 3. The van der Waals surface area contributed by atoms with Crippen LogP contribution < -0.4 is 19.8 Å². The van der Waals surface area contributed by atoms with Crippen LogP contribution in [0.5, 0.6) is 11.5 Å². The molecule has 0 spiro atoms. The van der Waals surface area contributed by atoms with Crippen molar-refractivity contribution in [3.8, 4) is 28.6 Å². The number of hydrazone groups is 1. The van der Waals surface area contributed by atoms with E-state index in [1.165, 1.54) is 47.6 Å². The number of carbonyl (C=O) groups is 2. The average molecular weight is 678 g/mol. The van der Waals surface area contributed by atoms with E-state index in [0.29, 0.717) is 28.2 Å². The molecule has 11 nitrogen and oxygen atoms in total. The highest BCUT2D eigenvalue weighted by Gasteiger charge is 2.34. The highest BCUT2D eigenvalue weighted by molar-refractivity contribution is 8.15. The van der Waals surface area contributed by atoms with Gasteiger partial charge in [0, 0.05) is 5.56 Å². The molecule has 47 heavy (non-hydrogen) atoms. The lowest BCUT2D eigenvalue weighted by molar-refractivity contribution is -0.274. The number of nitrogens with one attached hydrogen (secondary N) is 1. The van der Waals surface area contributed by atoms with Crippen LogP contribution in [0.2, 0.25) is 0 Å². The van der Waals surface area contributed by atoms with E-state index >= 15 is 0 Å². The molecule has 1 aliphatic heterocycles. The monoisotopic (exact) mass is 677 g/mol. The Morgan fingerprint density at radius 1 is 1.04 bits per heavy atom. The lowest BCUT2D eigenvalue weighted by Crippen LogP contribution is -2.31. The number of thioether (sulfide) groups is 1. The molecule has 1 fully saturated rings. The zero-order valence-corrected chi connectivity index (χ0v) is 24.7. The van der Waals surface area contributed by atoms with E-state index in [1.807, 2.05) is 0 Å². The van der Waals surface area contributed by atoms with Crippen molar-refractivity contribution in [1.29, 1.82) is 0 Å². The van der Waals surface area contributed by atoms with Crippen LogP contribution >= 0.6 is 11.8 Å². The summed E-state index contributed by atoms with van der Waals surface area (Å²) in [6.07, 6.45) is -6.68. The Morgan fingerprint density at radius 3 is 2.45 bits per heavy atom. The molecule has 2 heterocycles. The quantitative estimate of drug-likeness (QED) is 0.133. The summed E-state index contributed by atoms with van der Waals surface area (Å²) in [5.74, 6) is -0.826. The number of anilines is 1. The van der Waals surface area contributed by atoms with Gasteiger partial charge >= 0.3 is 18.6 Å². The molecule has 1 N–H and O–H groups in total. The van der Waals surface area contributed by atoms with Crippen molar-refractivity contribution in [2.75, 3.05) is 17.3 Å². The summed E-state index contributed by atoms with van der Waals surface area (Å²) in [6, 6.07) is 15.1. The van der Waals surface area contributed by atoms with E-state index in [1.54, 1.807) is 31.2 Å². The van der Waals surface area contributed by atoms with Crippen LogP contribution in [0.1, 0.15) is 11.1 Å². The second-order valence-electron chi connectivity index (χ2n) is 9.64. The number of nitrogens with zero attached hydrogens (tertiary/aromatic N) is 6. The number of alkyl halides is 6. The van der Waals surface area contributed by atoms with Gasteiger partial charge in [0.15, 0.2) is 17.6 Å². The largest absolute Gasteiger partial charge is 0.573 e. The third-order valence-electron chi connectivity index (χ3n) is 6.08. The number of benzene rings is 3. The molecule has 1 saturated heterocycles. The average Bonchev–Trinajstić information content (AvgIpc) is 3.63. The fraction of sp³-hybridized carbons (Fsp3) is 0.172. The fourth-order valence-corrected chi connectivity index (χ4v) is 4.94. The van der Waals surface area contributed by atoms with Gasteiger partial charge in [-0.05, 0) is 54.4 Å². The molecule has 0 radical (unpaired) electrons. The minimum atomic E-state index is -4.80. The number of aliphatic imine (C=N–C) groups is 1. The van der Waals surface area contributed by atoms with Crippen LogP contribution in [0.15, 0.2) is 83.2 Å². The van der Waals surface area contributed by atoms with Crippen LogP contribution in [0.25, 0.3) is 17.1 Å². The molecule has 0 saturated carbocycles. The number of halogens is 6. The van der Waals surface area contributed by atoms with Gasteiger partial charge in [0.25, 0.3) is 0 Å². The Bertz CT molecular complexity index is 1820. The summed E-state index contributed by atoms with van der Waals surface area (Å²) < 4.78 is 85.6. The number of carbonyl (C=O) groups excluding carboxylic acids is 2. The molecular weight excluding hydrogens is 656 g/mol. The first-order valence-corrected chi connectivity index (χ1v) is 14.3. The Kier molecular flexibility index (Phi) is 9.50. The maximum atomic E-state index is 12.8. The van der Waals surface area contributed by atoms with Gasteiger partial charge < -0.3 is 9.47 Å². The van der Waals surface area contributed by atoms with Gasteiger partial charge in [-0.3, -0.25) is 9.69 Å². The van der Waals surface area contributed by atoms with E-state index in [-0.39, 0.29) is 28.1 Å². The lowest BCUT2D eigenvalue weighted by atomic mass is 10.1. The van der Waals surface area contributed by atoms with Crippen LogP contribution in [0.3, 0.4) is 0 Å². The molecule has 3 amide bonds. The lowest BCUT2D eigenvalue weighted by Gasteiger charge is -2.20. The van der Waals surface area contributed by atoms with E-state index < -0.39 is 31.1 Å². The van der Waals surface area contributed by atoms with Gasteiger partial charge in [-0.15, -0.1) is 18.3 Å². The predicted octanol–water partition coefficient (Wildman–Crippen LogP) is 6.26. The molecule has 0 unspecified atom stereocenters. The topological polar surface area (TPSA) is 123 Å². The summed E-state index contributed by atoms with van der Waals surface area (Å²) in [6.45, 7) is 0.115. The summed E-state index contributed by atoms with van der Waals surface area (Å²) in [5, 5.41) is 8.12. The van der Waals surface area contributed by atoms with Crippen molar-refractivity contribution in [3.63, 3.8) is 0 Å². The van der Waals surface area contributed by atoms with Gasteiger partial charge in [-0.2, -0.15) is 23.3 Å². The number of rotatable bonds is 8. The van der Waals surface area contributed by atoms with Gasteiger partial charge in [0.05, 0.1) is 23.3 Å². The van der Waals surface area contributed by atoms with Gasteiger partial charge in [-0.1, -0.05) is 42.1 Å². The smallest absolute Gasteiger partial charge is 0.482 e. The number of hydrogen-bond acceptors (Lipinski definition) is 8. The van der Waals surface area contributed by atoms with Crippen LogP contribution in [0.4, 0.5) is 36.8 Å². The third-order valence-corrected chi connectivity index (χ3v) is 7.00. The van der Waals surface area contributed by atoms with Crippen molar-refractivity contribution in [3.05, 3.63) is 84.2 Å². The normalized spacial score (nSPS) is 14.7. The zero-order chi connectivity index (χ0) is 33.8. The van der Waals surface area contributed by atoms with E-state index in [9.17, 15) is 35.9 Å². The number of aromatic nitrogens is 3. The standard InChI is InChI=1S/C29H21F6N7O4S/c1-17-2-11-23(45-15-28(30,31)32)22(12-17)42-24(43)14-47-27(42)38-26(44)39-37-13-18-3-5-19(6-4-18)25-36-16-41(40-25)20-7-9-21(10-8-20)46-29(33,34)35/h2-13,16H,14-15H2,1H3,(H,39,44)/b37-13+,38-27-. The van der Waals surface area contributed by atoms with Gasteiger partial charge in [0.2, 0.25) is 5.91 Å². The molecule has 5 rings (SSSR count). The summed E-state index contributed by atoms with van der Waals surface area (Å²) >= 11 is 0.928. The van der Waals surface area contributed by atoms with Crippen LogP contribution in [0, 0.1) is 6.92 Å². The third kappa shape index (κ3) is 8.87. The van der Waals surface area contributed by atoms with Crippen molar-refractivity contribution in [1.82, 2.24) is 20.2 Å². The Labute approximate surface area is 265 Å². The summed E-state index contributed by atoms with van der Waals surface area (Å²) in [4.78, 5) is 34.2. The zero-order valence-electron chi connectivity index (χ0n) is 23.9. The molecule has 1 aromatic heterocycles. The second kappa shape index (κ2) is 13.5. The first-order valence-electron chi connectivity index (χ1n) is 13.3. The summed E-state index contributed by atoms with van der Waals surface area (Å²) in [7, 11) is 0. The Hall–Kier alpha value is -5.39. The Morgan fingerprint density at radius 2 is 1.77 bits per heavy atom. The predicted molar refractivity (Wildman–Crippen MR) is 160 cm³/mol. The molecule has 244 valence electrons. The molecule has 4 aromatic rings. The molecule has 3 aromatic carbocycles. The van der Waals surface area contributed by atoms with Gasteiger partial charge in [0.1, 0.15) is 17.8 Å². The maximum absolute atomic E-state index is 12.8. The van der Waals surface area contributed by atoms with Crippen LogP contribution in [-0.2, 0) is 4.79 Å². The Balaban J connectivity index is 1.21. The highest BCUT2D eigenvalue weighted by atomic mass is 32.2.